The molecule has 0 bridgehead atoms. The number of nitrogens with zero attached hydrogens (tertiary/aromatic N) is 1. The summed E-state index contributed by atoms with van der Waals surface area (Å²) in [5, 5.41) is 3.21. The quantitative estimate of drug-likeness (QED) is 0.903. The second-order valence-corrected chi connectivity index (χ2v) is 7.79. The molecule has 1 amide bonds. The van der Waals surface area contributed by atoms with Gasteiger partial charge in [-0.2, -0.15) is 0 Å². The molecule has 6 heteroatoms. The topological polar surface area (TPSA) is 66.5 Å². The van der Waals surface area contributed by atoms with Gasteiger partial charge >= 0.3 is 0 Å². The van der Waals surface area contributed by atoms with E-state index in [-0.39, 0.29) is 11.7 Å². The molecule has 0 saturated carbocycles. The van der Waals surface area contributed by atoms with Crippen molar-refractivity contribution in [1.29, 1.82) is 0 Å². The summed E-state index contributed by atoms with van der Waals surface area (Å²) in [6.07, 6.45) is 3.26. The fourth-order valence-corrected chi connectivity index (χ4v) is 3.46. The molecule has 1 saturated heterocycles. The maximum Gasteiger partial charge on any atom is 0.253 e. The molecule has 5 nitrogen and oxygen atoms in total. The number of benzene rings is 1. The van der Waals surface area contributed by atoms with E-state index in [0.29, 0.717) is 23.7 Å². The second-order valence-electron chi connectivity index (χ2n) is 5.65. The van der Waals surface area contributed by atoms with E-state index in [1.54, 1.807) is 24.3 Å². The average molecular weight is 310 g/mol. The van der Waals surface area contributed by atoms with Crippen molar-refractivity contribution >= 4 is 15.7 Å². The van der Waals surface area contributed by atoms with E-state index in [4.69, 9.17) is 0 Å². The summed E-state index contributed by atoms with van der Waals surface area (Å²) in [4.78, 5) is 14.4. The van der Waals surface area contributed by atoms with Crippen LogP contribution in [0.1, 0.15) is 28.8 Å². The first kappa shape index (κ1) is 16.0. The third-order valence-electron chi connectivity index (χ3n) is 3.72. The van der Waals surface area contributed by atoms with Crippen LogP contribution in [0, 0.1) is 0 Å². The van der Waals surface area contributed by atoms with Crippen LogP contribution in [0.5, 0.6) is 0 Å². The van der Waals surface area contributed by atoms with Crippen LogP contribution in [0.15, 0.2) is 24.3 Å². The van der Waals surface area contributed by atoms with Crippen LogP contribution in [0.3, 0.4) is 0 Å². The molecule has 1 aromatic rings. The Morgan fingerprint density at radius 1 is 1.43 bits per heavy atom. The zero-order valence-electron chi connectivity index (χ0n) is 12.5. The zero-order chi connectivity index (χ0) is 15.5. The van der Waals surface area contributed by atoms with Crippen molar-refractivity contribution < 1.29 is 13.2 Å². The number of hydrogen-bond acceptors (Lipinski definition) is 4. The summed E-state index contributed by atoms with van der Waals surface area (Å²) in [5.41, 5.74) is 1.22. The first-order valence-electron chi connectivity index (χ1n) is 7.12. The molecule has 1 aromatic carbocycles. The predicted octanol–water partition coefficient (Wildman–Crippen LogP) is 1.06. The Labute approximate surface area is 126 Å². The molecule has 1 aliphatic heterocycles. The number of likely N-dealkylation sites (N-methyl/N-ethyl adjacent to an activating group) is 1. The van der Waals surface area contributed by atoms with Crippen molar-refractivity contribution in [3.63, 3.8) is 0 Å². The Morgan fingerprint density at radius 2 is 2.19 bits per heavy atom. The van der Waals surface area contributed by atoms with Crippen molar-refractivity contribution in [2.75, 3.05) is 26.4 Å². The Morgan fingerprint density at radius 3 is 2.86 bits per heavy atom. The van der Waals surface area contributed by atoms with E-state index in [1.165, 1.54) is 6.26 Å². The number of likely N-dealkylation sites (tertiary alicyclic amines) is 1. The number of hydrogen-bond donors (Lipinski definition) is 1. The van der Waals surface area contributed by atoms with Crippen LogP contribution in [-0.2, 0) is 15.6 Å². The highest BCUT2D eigenvalue weighted by atomic mass is 32.2. The maximum atomic E-state index is 12.5. The summed E-state index contributed by atoms with van der Waals surface area (Å²) >= 11 is 0. The third kappa shape index (κ3) is 4.54. The van der Waals surface area contributed by atoms with Gasteiger partial charge in [0, 0.05) is 31.0 Å². The first-order chi connectivity index (χ1) is 9.89. The zero-order valence-corrected chi connectivity index (χ0v) is 13.3. The lowest BCUT2D eigenvalue weighted by Gasteiger charge is -2.32. The standard InChI is InChI=1S/C15H22N2O3S/c1-16-14-7-4-8-17(10-14)15(18)13-6-3-5-12(9-13)11-21(2,19)20/h3,5-6,9,14,16H,4,7-8,10-11H2,1-2H3. The average Bonchev–Trinajstić information content (AvgIpc) is 2.45. The number of carbonyl (C=O) groups is 1. The van der Waals surface area contributed by atoms with Crippen molar-refractivity contribution in [3.8, 4) is 0 Å². The normalized spacial score (nSPS) is 19.5. The Kier molecular flexibility index (Phi) is 5.00. The van der Waals surface area contributed by atoms with Gasteiger partial charge in [-0.1, -0.05) is 12.1 Å². The lowest BCUT2D eigenvalue weighted by atomic mass is 10.0. The van der Waals surface area contributed by atoms with Gasteiger partial charge in [0.25, 0.3) is 5.91 Å². The molecule has 1 heterocycles. The molecule has 1 unspecified atom stereocenters. The minimum atomic E-state index is -3.09. The number of nitrogens with one attached hydrogen (secondary N) is 1. The fraction of sp³-hybridized carbons (Fsp3) is 0.533. The summed E-state index contributed by atoms with van der Waals surface area (Å²) in [6.45, 7) is 1.46. The van der Waals surface area contributed by atoms with Gasteiger partial charge in [0.2, 0.25) is 0 Å². The van der Waals surface area contributed by atoms with Gasteiger partial charge in [0.15, 0.2) is 9.84 Å². The van der Waals surface area contributed by atoms with Crippen LogP contribution < -0.4 is 5.32 Å². The Balaban J connectivity index is 2.14. The summed E-state index contributed by atoms with van der Waals surface area (Å²) in [7, 11) is -1.18. The molecule has 1 fully saturated rings. The molecule has 116 valence electrons. The smallest absolute Gasteiger partial charge is 0.253 e. The van der Waals surface area contributed by atoms with E-state index in [0.717, 1.165) is 19.4 Å². The van der Waals surface area contributed by atoms with Crippen LogP contribution >= 0.6 is 0 Å². The number of rotatable bonds is 4. The minimum Gasteiger partial charge on any atom is -0.337 e. The van der Waals surface area contributed by atoms with E-state index in [9.17, 15) is 13.2 Å². The second kappa shape index (κ2) is 6.58. The lowest BCUT2D eigenvalue weighted by Crippen LogP contribution is -2.46. The molecule has 1 N–H and O–H groups in total. The minimum absolute atomic E-state index is 0.0229. The van der Waals surface area contributed by atoms with Crippen LogP contribution in [0.2, 0.25) is 0 Å². The Bertz CT molecular complexity index is 613. The number of amides is 1. The van der Waals surface area contributed by atoms with E-state index >= 15 is 0 Å². The molecule has 2 rings (SSSR count). The van der Waals surface area contributed by atoms with E-state index in [1.807, 2.05) is 11.9 Å². The molecule has 0 aliphatic carbocycles. The Hall–Kier alpha value is -1.40. The molecular weight excluding hydrogens is 288 g/mol. The molecule has 21 heavy (non-hydrogen) atoms. The fourth-order valence-electron chi connectivity index (χ4n) is 2.68. The monoisotopic (exact) mass is 310 g/mol. The van der Waals surface area contributed by atoms with Crippen molar-refractivity contribution in [2.24, 2.45) is 0 Å². The summed E-state index contributed by atoms with van der Waals surface area (Å²) in [5.74, 6) is -0.0573. The summed E-state index contributed by atoms with van der Waals surface area (Å²) in [6, 6.07) is 7.25. The highest BCUT2D eigenvalue weighted by molar-refractivity contribution is 7.89. The van der Waals surface area contributed by atoms with Crippen LogP contribution in [0.4, 0.5) is 0 Å². The molecule has 0 spiro atoms. The number of piperidine rings is 1. The third-order valence-corrected chi connectivity index (χ3v) is 4.58. The number of carbonyl (C=O) groups excluding carboxylic acids is 1. The van der Waals surface area contributed by atoms with Crippen LogP contribution in [0.25, 0.3) is 0 Å². The van der Waals surface area contributed by atoms with Crippen molar-refractivity contribution in [2.45, 2.75) is 24.6 Å². The first-order valence-corrected chi connectivity index (χ1v) is 9.18. The van der Waals surface area contributed by atoms with Gasteiger partial charge in [-0.3, -0.25) is 4.79 Å². The summed E-state index contributed by atoms with van der Waals surface area (Å²) < 4.78 is 22.7. The molecule has 1 aliphatic rings. The van der Waals surface area contributed by atoms with Crippen molar-refractivity contribution in [3.05, 3.63) is 35.4 Å². The van der Waals surface area contributed by atoms with Gasteiger partial charge in [-0.15, -0.1) is 0 Å². The van der Waals surface area contributed by atoms with Gasteiger partial charge in [-0.25, -0.2) is 8.42 Å². The van der Waals surface area contributed by atoms with Gasteiger partial charge in [0.05, 0.1) is 5.75 Å². The predicted molar refractivity (Wildman–Crippen MR) is 83.0 cm³/mol. The largest absolute Gasteiger partial charge is 0.337 e. The van der Waals surface area contributed by atoms with Gasteiger partial charge < -0.3 is 10.2 Å². The molecular formula is C15H22N2O3S. The van der Waals surface area contributed by atoms with Gasteiger partial charge in [0.1, 0.15) is 0 Å². The highest BCUT2D eigenvalue weighted by Crippen LogP contribution is 2.15. The highest BCUT2D eigenvalue weighted by Gasteiger charge is 2.23. The maximum absolute atomic E-state index is 12.5. The molecule has 1 atom stereocenters. The van der Waals surface area contributed by atoms with E-state index < -0.39 is 9.84 Å². The lowest BCUT2D eigenvalue weighted by molar-refractivity contribution is 0.0698. The van der Waals surface area contributed by atoms with E-state index in [2.05, 4.69) is 5.32 Å². The van der Waals surface area contributed by atoms with Crippen molar-refractivity contribution in [1.82, 2.24) is 10.2 Å². The molecule has 0 aromatic heterocycles. The molecule has 0 radical (unpaired) electrons. The van der Waals surface area contributed by atoms with Gasteiger partial charge in [-0.05, 0) is 37.6 Å². The van der Waals surface area contributed by atoms with Crippen LogP contribution in [-0.4, -0.2) is 51.7 Å². The number of sulfone groups is 1. The SMILES string of the molecule is CNC1CCCN(C(=O)c2cccc(CS(C)(=O)=O)c2)C1.